The van der Waals surface area contributed by atoms with E-state index in [1.165, 1.54) is 25.9 Å². The zero-order valence-electron chi connectivity index (χ0n) is 12.7. The van der Waals surface area contributed by atoms with Gasteiger partial charge in [-0.05, 0) is 58.0 Å². The Morgan fingerprint density at radius 2 is 2.10 bits per heavy atom. The third-order valence-electron chi connectivity index (χ3n) is 4.01. The first-order chi connectivity index (χ1) is 9.45. The first kappa shape index (κ1) is 14.8. The van der Waals surface area contributed by atoms with Crippen LogP contribution in [0.1, 0.15) is 24.1 Å². The van der Waals surface area contributed by atoms with Crippen LogP contribution in [-0.2, 0) is 0 Å². The van der Waals surface area contributed by atoms with Gasteiger partial charge in [-0.25, -0.2) is 4.98 Å². The quantitative estimate of drug-likeness (QED) is 0.644. The molecule has 1 aromatic heterocycles. The lowest BCUT2D eigenvalue weighted by Gasteiger charge is -2.32. The SMILES string of the molecule is Cc1cc(C(=N)N)cc(N(C)CC2CCN(C)CC2)n1. The van der Waals surface area contributed by atoms with Crippen molar-refractivity contribution in [1.82, 2.24) is 9.88 Å². The Hall–Kier alpha value is -1.62. The molecule has 1 aromatic rings. The van der Waals surface area contributed by atoms with Gasteiger partial charge in [-0.15, -0.1) is 0 Å². The number of nitrogens with zero attached hydrogens (tertiary/aromatic N) is 3. The molecule has 3 N–H and O–H groups in total. The zero-order valence-corrected chi connectivity index (χ0v) is 12.7. The maximum atomic E-state index is 7.57. The van der Waals surface area contributed by atoms with Crippen molar-refractivity contribution in [3.05, 3.63) is 23.4 Å². The molecule has 0 unspecified atom stereocenters. The highest BCUT2D eigenvalue weighted by Crippen LogP contribution is 2.20. The molecule has 1 fully saturated rings. The number of aryl methyl sites for hydroxylation is 1. The van der Waals surface area contributed by atoms with E-state index in [1.54, 1.807) is 0 Å². The Kier molecular flexibility index (Phi) is 4.60. The van der Waals surface area contributed by atoms with Crippen LogP contribution in [0.4, 0.5) is 5.82 Å². The largest absolute Gasteiger partial charge is 0.384 e. The van der Waals surface area contributed by atoms with Gasteiger partial charge < -0.3 is 15.5 Å². The number of nitrogens with one attached hydrogen (secondary N) is 1. The van der Waals surface area contributed by atoms with Crippen LogP contribution in [-0.4, -0.2) is 49.4 Å². The summed E-state index contributed by atoms with van der Waals surface area (Å²) in [5.74, 6) is 1.73. The van der Waals surface area contributed by atoms with Crippen molar-refractivity contribution in [2.45, 2.75) is 19.8 Å². The van der Waals surface area contributed by atoms with Crippen LogP contribution in [0.15, 0.2) is 12.1 Å². The average Bonchev–Trinajstić information content (AvgIpc) is 2.40. The maximum Gasteiger partial charge on any atom is 0.129 e. The van der Waals surface area contributed by atoms with Gasteiger partial charge in [-0.3, -0.25) is 5.41 Å². The summed E-state index contributed by atoms with van der Waals surface area (Å²) in [5, 5.41) is 7.57. The summed E-state index contributed by atoms with van der Waals surface area (Å²) < 4.78 is 0. The molecule has 0 aliphatic carbocycles. The first-order valence-corrected chi connectivity index (χ1v) is 7.18. The Labute approximate surface area is 121 Å². The highest BCUT2D eigenvalue weighted by atomic mass is 15.2. The van der Waals surface area contributed by atoms with Crippen molar-refractivity contribution in [2.24, 2.45) is 11.7 Å². The van der Waals surface area contributed by atoms with Crippen molar-refractivity contribution in [2.75, 3.05) is 38.6 Å². The molecule has 0 amide bonds. The number of rotatable bonds is 4. The number of piperidine rings is 1. The molecule has 1 aliphatic rings. The Balaban J connectivity index is 2.05. The topological polar surface area (TPSA) is 69.2 Å². The predicted octanol–water partition coefficient (Wildman–Crippen LogP) is 1.45. The van der Waals surface area contributed by atoms with Crippen LogP contribution in [0, 0.1) is 18.3 Å². The number of nitrogens with two attached hydrogens (primary N) is 1. The fourth-order valence-electron chi connectivity index (χ4n) is 2.73. The molecule has 20 heavy (non-hydrogen) atoms. The summed E-state index contributed by atoms with van der Waals surface area (Å²) in [5.41, 5.74) is 7.24. The number of aromatic nitrogens is 1. The minimum absolute atomic E-state index is 0.101. The monoisotopic (exact) mass is 275 g/mol. The predicted molar refractivity (Wildman–Crippen MR) is 83.5 cm³/mol. The van der Waals surface area contributed by atoms with E-state index >= 15 is 0 Å². The van der Waals surface area contributed by atoms with Gasteiger partial charge in [0.1, 0.15) is 11.7 Å². The fourth-order valence-corrected chi connectivity index (χ4v) is 2.73. The smallest absolute Gasteiger partial charge is 0.129 e. The number of amidine groups is 1. The molecule has 0 bridgehead atoms. The van der Waals surface area contributed by atoms with Gasteiger partial charge >= 0.3 is 0 Å². The van der Waals surface area contributed by atoms with E-state index in [-0.39, 0.29) is 5.84 Å². The van der Waals surface area contributed by atoms with Gasteiger partial charge in [0.05, 0.1) is 0 Å². The number of pyridine rings is 1. The van der Waals surface area contributed by atoms with Crippen molar-refractivity contribution in [3.8, 4) is 0 Å². The summed E-state index contributed by atoms with van der Waals surface area (Å²) in [4.78, 5) is 9.13. The van der Waals surface area contributed by atoms with E-state index in [0.717, 1.165) is 29.5 Å². The van der Waals surface area contributed by atoms with E-state index in [0.29, 0.717) is 0 Å². The molecule has 0 spiro atoms. The molecule has 0 saturated carbocycles. The lowest BCUT2D eigenvalue weighted by Crippen LogP contribution is -2.36. The number of likely N-dealkylation sites (tertiary alicyclic amines) is 1. The first-order valence-electron chi connectivity index (χ1n) is 7.18. The number of anilines is 1. The summed E-state index contributed by atoms with van der Waals surface area (Å²) in [6, 6.07) is 3.76. The van der Waals surface area contributed by atoms with Crippen molar-refractivity contribution in [3.63, 3.8) is 0 Å². The molecule has 2 rings (SSSR count). The highest BCUT2D eigenvalue weighted by molar-refractivity contribution is 5.95. The number of nitrogen functional groups attached to an aromatic ring is 1. The minimum Gasteiger partial charge on any atom is -0.384 e. The number of hydrogen-bond donors (Lipinski definition) is 2. The highest BCUT2D eigenvalue weighted by Gasteiger charge is 2.19. The van der Waals surface area contributed by atoms with Gasteiger partial charge in [-0.1, -0.05) is 0 Å². The summed E-state index contributed by atoms with van der Waals surface area (Å²) in [6.07, 6.45) is 2.48. The normalized spacial score (nSPS) is 17.1. The van der Waals surface area contributed by atoms with Gasteiger partial charge in [0, 0.05) is 24.8 Å². The minimum atomic E-state index is 0.101. The van der Waals surface area contributed by atoms with Crippen molar-refractivity contribution < 1.29 is 0 Å². The van der Waals surface area contributed by atoms with Crippen molar-refractivity contribution >= 4 is 11.7 Å². The van der Waals surface area contributed by atoms with E-state index in [2.05, 4.69) is 28.9 Å². The Bertz CT molecular complexity index is 477. The summed E-state index contributed by atoms with van der Waals surface area (Å²) >= 11 is 0. The summed E-state index contributed by atoms with van der Waals surface area (Å²) in [6.45, 7) is 5.32. The standard InChI is InChI=1S/C15H25N5/c1-11-8-13(15(16)17)9-14(18-11)20(3)10-12-4-6-19(2)7-5-12/h8-9,12H,4-7,10H2,1-3H3,(H3,16,17). The summed E-state index contributed by atoms with van der Waals surface area (Å²) in [7, 11) is 4.26. The van der Waals surface area contributed by atoms with Gasteiger partial charge in [0.2, 0.25) is 0 Å². The molecule has 2 heterocycles. The lowest BCUT2D eigenvalue weighted by molar-refractivity contribution is 0.222. The van der Waals surface area contributed by atoms with E-state index in [9.17, 15) is 0 Å². The third kappa shape index (κ3) is 3.70. The zero-order chi connectivity index (χ0) is 14.7. The van der Waals surface area contributed by atoms with Gasteiger partial charge in [0.15, 0.2) is 0 Å². The lowest BCUT2D eigenvalue weighted by atomic mass is 9.96. The van der Waals surface area contributed by atoms with Crippen LogP contribution >= 0.6 is 0 Å². The molecule has 1 saturated heterocycles. The molecule has 5 heteroatoms. The van der Waals surface area contributed by atoms with Crippen LogP contribution in [0.5, 0.6) is 0 Å². The second-order valence-corrected chi connectivity index (χ2v) is 5.90. The second kappa shape index (κ2) is 6.22. The Morgan fingerprint density at radius 1 is 1.45 bits per heavy atom. The molecule has 0 aromatic carbocycles. The van der Waals surface area contributed by atoms with Gasteiger partial charge in [0.25, 0.3) is 0 Å². The third-order valence-corrected chi connectivity index (χ3v) is 4.01. The molecular formula is C15H25N5. The van der Waals surface area contributed by atoms with Crippen LogP contribution in [0.3, 0.4) is 0 Å². The van der Waals surface area contributed by atoms with Crippen LogP contribution < -0.4 is 10.6 Å². The molecule has 110 valence electrons. The molecular weight excluding hydrogens is 250 g/mol. The number of hydrogen-bond acceptors (Lipinski definition) is 4. The average molecular weight is 275 g/mol. The van der Waals surface area contributed by atoms with E-state index < -0.39 is 0 Å². The van der Waals surface area contributed by atoms with Crippen LogP contribution in [0.2, 0.25) is 0 Å². The van der Waals surface area contributed by atoms with E-state index in [1.807, 2.05) is 19.1 Å². The van der Waals surface area contributed by atoms with Crippen molar-refractivity contribution in [1.29, 1.82) is 5.41 Å². The molecule has 1 aliphatic heterocycles. The van der Waals surface area contributed by atoms with E-state index in [4.69, 9.17) is 11.1 Å². The molecule has 0 radical (unpaired) electrons. The van der Waals surface area contributed by atoms with Gasteiger partial charge in [-0.2, -0.15) is 0 Å². The molecule has 0 atom stereocenters. The maximum absolute atomic E-state index is 7.57. The second-order valence-electron chi connectivity index (χ2n) is 5.90. The fraction of sp³-hybridized carbons (Fsp3) is 0.600. The van der Waals surface area contributed by atoms with Crippen LogP contribution in [0.25, 0.3) is 0 Å². The Morgan fingerprint density at radius 3 is 2.70 bits per heavy atom. The molecule has 5 nitrogen and oxygen atoms in total.